The molecular formula is C8H15NO4S. The molecule has 0 aromatic heterocycles. The highest BCUT2D eigenvalue weighted by Gasteiger charge is 2.16. The molecule has 2 unspecified atom stereocenters. The Morgan fingerprint density at radius 2 is 2.07 bits per heavy atom. The van der Waals surface area contributed by atoms with Gasteiger partial charge in [-0.05, 0) is 6.92 Å². The highest BCUT2D eigenvalue weighted by Crippen LogP contribution is 1.98. The van der Waals surface area contributed by atoms with Crippen LogP contribution in [0.3, 0.4) is 0 Å². The van der Waals surface area contributed by atoms with E-state index in [0.717, 1.165) is 0 Å². The highest BCUT2D eigenvalue weighted by molar-refractivity contribution is 7.85. The summed E-state index contributed by atoms with van der Waals surface area (Å²) in [5.41, 5.74) is 0. The molecule has 82 valence electrons. The summed E-state index contributed by atoms with van der Waals surface area (Å²) in [6, 6.07) is 0. The predicted molar refractivity (Wildman–Crippen MR) is 53.4 cm³/mol. The van der Waals surface area contributed by atoms with E-state index in [0.29, 0.717) is 6.54 Å². The molecule has 2 N–H and O–H groups in total. The summed E-state index contributed by atoms with van der Waals surface area (Å²) in [5.74, 6) is -2.07. The third-order valence-corrected chi connectivity index (χ3v) is 2.98. The fraction of sp³-hybridized carbons (Fsp3) is 0.750. The maximum absolute atomic E-state index is 11.2. The van der Waals surface area contributed by atoms with E-state index >= 15 is 0 Å². The van der Waals surface area contributed by atoms with Crippen molar-refractivity contribution in [2.45, 2.75) is 13.8 Å². The Morgan fingerprint density at radius 1 is 1.50 bits per heavy atom. The predicted octanol–water partition coefficient (Wildman–Crippen LogP) is -0.408. The summed E-state index contributed by atoms with van der Waals surface area (Å²) in [6.45, 7) is 3.73. The van der Waals surface area contributed by atoms with Crippen molar-refractivity contribution in [3.63, 3.8) is 0 Å². The third-order valence-electron chi connectivity index (χ3n) is 1.52. The van der Waals surface area contributed by atoms with E-state index in [-0.39, 0.29) is 17.4 Å². The van der Waals surface area contributed by atoms with Gasteiger partial charge in [0.15, 0.2) is 0 Å². The van der Waals surface area contributed by atoms with Crippen LogP contribution in [-0.4, -0.2) is 39.2 Å². The van der Waals surface area contributed by atoms with Gasteiger partial charge in [-0.1, -0.05) is 6.92 Å². The fourth-order valence-corrected chi connectivity index (χ4v) is 2.02. The zero-order chi connectivity index (χ0) is 11.1. The van der Waals surface area contributed by atoms with Crippen LogP contribution < -0.4 is 5.32 Å². The molecule has 0 fully saturated rings. The summed E-state index contributed by atoms with van der Waals surface area (Å²) in [7, 11) is -1.40. The monoisotopic (exact) mass is 221 g/mol. The molecule has 0 aliphatic carbocycles. The maximum atomic E-state index is 11.2. The molecule has 0 aromatic rings. The second-order valence-electron chi connectivity index (χ2n) is 2.94. The first-order valence-electron chi connectivity index (χ1n) is 4.31. The van der Waals surface area contributed by atoms with Gasteiger partial charge >= 0.3 is 5.97 Å². The summed E-state index contributed by atoms with van der Waals surface area (Å²) >= 11 is 0. The Balaban J connectivity index is 3.86. The number of rotatable bonds is 6. The Morgan fingerprint density at radius 3 is 2.50 bits per heavy atom. The van der Waals surface area contributed by atoms with E-state index in [2.05, 4.69) is 5.32 Å². The van der Waals surface area contributed by atoms with Gasteiger partial charge in [-0.25, -0.2) is 0 Å². The van der Waals surface area contributed by atoms with Crippen LogP contribution in [0.4, 0.5) is 0 Å². The van der Waals surface area contributed by atoms with Gasteiger partial charge in [0, 0.05) is 23.1 Å². The Kier molecular flexibility index (Phi) is 6.11. The van der Waals surface area contributed by atoms with E-state index in [1.54, 1.807) is 6.92 Å². The average molecular weight is 221 g/mol. The summed E-state index contributed by atoms with van der Waals surface area (Å²) in [5, 5.41) is 11.0. The second-order valence-corrected chi connectivity index (χ2v) is 4.45. The number of hydrogen-bond donors (Lipinski definition) is 2. The molecule has 6 heteroatoms. The van der Waals surface area contributed by atoms with Gasteiger partial charge in [-0.3, -0.25) is 13.8 Å². The quantitative estimate of drug-likeness (QED) is 0.639. The van der Waals surface area contributed by atoms with Gasteiger partial charge < -0.3 is 10.4 Å². The molecule has 0 saturated heterocycles. The fourth-order valence-electron chi connectivity index (χ4n) is 0.803. The molecule has 0 rings (SSSR count). The summed E-state index contributed by atoms with van der Waals surface area (Å²) in [6.07, 6.45) is 0. The van der Waals surface area contributed by atoms with E-state index in [1.807, 2.05) is 0 Å². The lowest BCUT2D eigenvalue weighted by Gasteiger charge is -2.05. The number of carbonyl (C=O) groups is 2. The third kappa shape index (κ3) is 5.69. The first kappa shape index (κ1) is 13.1. The summed E-state index contributed by atoms with van der Waals surface area (Å²) < 4.78 is 11.2. The SMILES string of the molecule is CCNC(=O)CS(=O)CC(C)C(=O)O. The summed E-state index contributed by atoms with van der Waals surface area (Å²) in [4.78, 5) is 21.4. The van der Waals surface area contributed by atoms with Gasteiger partial charge in [0.2, 0.25) is 5.91 Å². The lowest BCUT2D eigenvalue weighted by atomic mass is 10.2. The molecular weight excluding hydrogens is 206 g/mol. The maximum Gasteiger partial charge on any atom is 0.307 e. The van der Waals surface area contributed by atoms with E-state index in [1.165, 1.54) is 6.92 Å². The number of carboxylic acids is 1. The smallest absolute Gasteiger partial charge is 0.307 e. The normalized spacial score (nSPS) is 14.4. The van der Waals surface area contributed by atoms with Gasteiger partial charge in [-0.2, -0.15) is 0 Å². The molecule has 0 radical (unpaired) electrons. The molecule has 1 amide bonds. The molecule has 0 spiro atoms. The van der Waals surface area contributed by atoms with Crippen LogP contribution >= 0.6 is 0 Å². The van der Waals surface area contributed by atoms with E-state index < -0.39 is 22.7 Å². The molecule has 0 aliphatic rings. The van der Waals surface area contributed by atoms with Crippen molar-refractivity contribution in [3.8, 4) is 0 Å². The van der Waals surface area contributed by atoms with E-state index in [9.17, 15) is 13.8 Å². The molecule has 5 nitrogen and oxygen atoms in total. The van der Waals surface area contributed by atoms with Crippen LogP contribution in [0.25, 0.3) is 0 Å². The van der Waals surface area contributed by atoms with Crippen molar-refractivity contribution >= 4 is 22.7 Å². The number of carbonyl (C=O) groups excluding carboxylic acids is 1. The minimum Gasteiger partial charge on any atom is -0.481 e. The van der Waals surface area contributed by atoms with Crippen molar-refractivity contribution in [1.82, 2.24) is 5.32 Å². The second kappa shape index (κ2) is 6.53. The minimum absolute atomic E-state index is 0.0203. The van der Waals surface area contributed by atoms with Gasteiger partial charge in [-0.15, -0.1) is 0 Å². The van der Waals surface area contributed by atoms with Crippen molar-refractivity contribution in [3.05, 3.63) is 0 Å². The number of amides is 1. The first-order valence-corrected chi connectivity index (χ1v) is 5.80. The largest absolute Gasteiger partial charge is 0.481 e. The molecule has 0 aliphatic heterocycles. The molecule has 0 saturated carbocycles. The zero-order valence-electron chi connectivity index (χ0n) is 8.28. The average Bonchev–Trinajstić information content (AvgIpc) is 2.03. The van der Waals surface area contributed by atoms with E-state index in [4.69, 9.17) is 5.11 Å². The Labute approximate surface area is 85.3 Å². The molecule has 2 atom stereocenters. The van der Waals surface area contributed by atoms with Crippen molar-refractivity contribution in [2.24, 2.45) is 5.92 Å². The van der Waals surface area contributed by atoms with Crippen LogP contribution in [0.1, 0.15) is 13.8 Å². The molecule has 14 heavy (non-hydrogen) atoms. The number of aliphatic carboxylic acids is 1. The standard InChI is InChI=1S/C8H15NO4S/c1-3-9-7(10)5-14(13)4-6(2)8(11)12/h6H,3-5H2,1-2H3,(H,9,10)(H,11,12). The van der Waals surface area contributed by atoms with Gasteiger partial charge in [0.05, 0.1) is 5.92 Å². The lowest BCUT2D eigenvalue weighted by molar-refractivity contribution is -0.140. The lowest BCUT2D eigenvalue weighted by Crippen LogP contribution is -2.30. The van der Waals surface area contributed by atoms with Crippen LogP contribution in [0, 0.1) is 5.92 Å². The highest BCUT2D eigenvalue weighted by atomic mass is 32.2. The minimum atomic E-state index is -1.40. The number of nitrogens with one attached hydrogen (secondary N) is 1. The Hall–Kier alpha value is -0.910. The van der Waals surface area contributed by atoms with Crippen LogP contribution in [-0.2, 0) is 20.4 Å². The molecule has 0 heterocycles. The number of carboxylic acid groups (broad SMARTS) is 1. The van der Waals surface area contributed by atoms with Crippen LogP contribution in [0.5, 0.6) is 0 Å². The van der Waals surface area contributed by atoms with Crippen LogP contribution in [0.2, 0.25) is 0 Å². The van der Waals surface area contributed by atoms with Crippen molar-refractivity contribution in [2.75, 3.05) is 18.1 Å². The number of hydrogen-bond acceptors (Lipinski definition) is 3. The zero-order valence-corrected chi connectivity index (χ0v) is 9.10. The topological polar surface area (TPSA) is 83.5 Å². The van der Waals surface area contributed by atoms with Crippen LogP contribution in [0.15, 0.2) is 0 Å². The Bertz CT molecular complexity index is 241. The van der Waals surface area contributed by atoms with Gasteiger partial charge in [0.1, 0.15) is 5.75 Å². The molecule has 0 aromatic carbocycles. The molecule has 0 bridgehead atoms. The van der Waals surface area contributed by atoms with Crippen molar-refractivity contribution < 1.29 is 18.9 Å². The first-order chi connectivity index (χ1) is 6.47. The van der Waals surface area contributed by atoms with Gasteiger partial charge in [0.25, 0.3) is 0 Å². The van der Waals surface area contributed by atoms with Crippen molar-refractivity contribution in [1.29, 1.82) is 0 Å².